The first kappa shape index (κ1) is 19.5. The van der Waals surface area contributed by atoms with Crippen molar-refractivity contribution in [3.8, 4) is 0 Å². The molecule has 0 radical (unpaired) electrons. The molecule has 0 unspecified atom stereocenters. The van der Waals surface area contributed by atoms with Crippen LogP contribution in [0.15, 0.2) is 51.6 Å². The highest BCUT2D eigenvalue weighted by Crippen LogP contribution is 2.23. The van der Waals surface area contributed by atoms with Crippen LogP contribution in [0.1, 0.15) is 17.8 Å². The average molecular weight is 417 g/mol. The molecule has 1 aliphatic heterocycles. The van der Waals surface area contributed by atoms with E-state index in [0.29, 0.717) is 26.3 Å². The second-order valence-corrected chi connectivity index (χ2v) is 10.5. The lowest BCUT2D eigenvalue weighted by Gasteiger charge is -2.26. The van der Waals surface area contributed by atoms with Crippen molar-refractivity contribution in [1.82, 2.24) is 9.03 Å². The molecular formula is C16H20N2O5S3. The Balaban J connectivity index is 1.78. The first-order chi connectivity index (χ1) is 12.3. The highest BCUT2D eigenvalue weighted by atomic mass is 32.2. The van der Waals surface area contributed by atoms with Crippen LogP contribution in [0.3, 0.4) is 0 Å². The molecular weight excluding hydrogens is 396 g/mol. The molecule has 0 aliphatic carbocycles. The first-order valence-electron chi connectivity index (χ1n) is 8.04. The Hall–Kier alpha value is -1.30. The minimum Gasteiger partial charge on any atom is -0.379 e. The van der Waals surface area contributed by atoms with Crippen LogP contribution in [0.5, 0.6) is 0 Å². The maximum absolute atomic E-state index is 12.6. The Morgan fingerprint density at radius 1 is 1.04 bits per heavy atom. The van der Waals surface area contributed by atoms with Gasteiger partial charge in [0.2, 0.25) is 20.0 Å². The molecule has 3 rings (SSSR count). The minimum atomic E-state index is -3.74. The zero-order valence-electron chi connectivity index (χ0n) is 14.2. The maximum Gasteiger partial charge on any atom is 0.243 e. The van der Waals surface area contributed by atoms with E-state index >= 15 is 0 Å². The van der Waals surface area contributed by atoms with Crippen molar-refractivity contribution in [1.29, 1.82) is 0 Å². The van der Waals surface area contributed by atoms with Crippen molar-refractivity contribution in [2.45, 2.75) is 22.8 Å². The van der Waals surface area contributed by atoms with Gasteiger partial charge in [-0.05, 0) is 42.6 Å². The van der Waals surface area contributed by atoms with Crippen LogP contribution in [-0.2, 0) is 24.8 Å². The van der Waals surface area contributed by atoms with Crippen LogP contribution in [0, 0.1) is 0 Å². The SMILES string of the molecule is C[C@H](NS(=O)(=O)c1ccc(S(=O)(=O)N2CCOCC2)cc1)c1cccs1. The Labute approximate surface area is 157 Å². The zero-order valence-corrected chi connectivity index (χ0v) is 16.6. The molecule has 7 nitrogen and oxygen atoms in total. The molecule has 142 valence electrons. The van der Waals surface area contributed by atoms with Crippen molar-refractivity contribution >= 4 is 31.4 Å². The number of ether oxygens (including phenoxy) is 1. The van der Waals surface area contributed by atoms with Gasteiger partial charge in [-0.15, -0.1) is 11.3 Å². The third kappa shape index (κ3) is 4.16. The molecule has 26 heavy (non-hydrogen) atoms. The fraction of sp³-hybridized carbons (Fsp3) is 0.375. The van der Waals surface area contributed by atoms with E-state index in [1.165, 1.54) is 39.9 Å². The van der Waals surface area contributed by atoms with Crippen LogP contribution < -0.4 is 4.72 Å². The predicted octanol–water partition coefficient (Wildman–Crippen LogP) is 1.81. The number of morpholine rings is 1. The molecule has 2 aromatic rings. The fourth-order valence-electron chi connectivity index (χ4n) is 2.62. The van der Waals surface area contributed by atoms with E-state index in [1.807, 2.05) is 17.5 Å². The second kappa shape index (κ2) is 7.75. The summed E-state index contributed by atoms with van der Waals surface area (Å²) >= 11 is 1.47. The summed E-state index contributed by atoms with van der Waals surface area (Å²) in [5.74, 6) is 0. The Morgan fingerprint density at radius 3 is 2.23 bits per heavy atom. The third-order valence-corrected chi connectivity index (χ3v) is 8.57. The monoisotopic (exact) mass is 416 g/mol. The fourth-order valence-corrected chi connectivity index (χ4v) is 6.06. The van der Waals surface area contributed by atoms with Crippen molar-refractivity contribution < 1.29 is 21.6 Å². The first-order valence-corrected chi connectivity index (χ1v) is 11.8. The van der Waals surface area contributed by atoms with Crippen LogP contribution in [0.2, 0.25) is 0 Å². The molecule has 0 amide bonds. The van der Waals surface area contributed by atoms with E-state index in [4.69, 9.17) is 4.74 Å². The van der Waals surface area contributed by atoms with E-state index < -0.39 is 20.0 Å². The van der Waals surface area contributed by atoms with Gasteiger partial charge in [-0.2, -0.15) is 4.31 Å². The van der Waals surface area contributed by atoms with Crippen LogP contribution in [0.25, 0.3) is 0 Å². The summed E-state index contributed by atoms with van der Waals surface area (Å²) in [5, 5.41) is 1.88. The number of hydrogen-bond donors (Lipinski definition) is 1. The lowest BCUT2D eigenvalue weighted by atomic mass is 10.3. The van der Waals surface area contributed by atoms with Crippen LogP contribution in [0.4, 0.5) is 0 Å². The van der Waals surface area contributed by atoms with E-state index in [9.17, 15) is 16.8 Å². The van der Waals surface area contributed by atoms with Crippen molar-refractivity contribution in [3.05, 3.63) is 46.7 Å². The number of benzene rings is 1. The Morgan fingerprint density at radius 2 is 1.65 bits per heavy atom. The van der Waals surface area contributed by atoms with E-state index in [1.54, 1.807) is 6.92 Å². The van der Waals surface area contributed by atoms with Crippen LogP contribution in [-0.4, -0.2) is 47.4 Å². The smallest absolute Gasteiger partial charge is 0.243 e. The van der Waals surface area contributed by atoms with Gasteiger partial charge in [0.25, 0.3) is 0 Å². The molecule has 1 atom stereocenters. The van der Waals surface area contributed by atoms with Crippen molar-refractivity contribution in [2.24, 2.45) is 0 Å². The molecule has 1 fully saturated rings. The zero-order chi connectivity index (χ0) is 18.8. The molecule has 2 heterocycles. The van der Waals surface area contributed by atoms with Gasteiger partial charge in [0.05, 0.1) is 29.0 Å². The summed E-state index contributed by atoms with van der Waals surface area (Å²) in [7, 11) is -7.39. The molecule has 1 N–H and O–H groups in total. The van der Waals surface area contributed by atoms with E-state index in [0.717, 1.165) is 4.88 Å². The van der Waals surface area contributed by atoms with Gasteiger partial charge in [0, 0.05) is 18.0 Å². The number of thiophene rings is 1. The number of hydrogen-bond acceptors (Lipinski definition) is 6. The Kier molecular flexibility index (Phi) is 5.80. The summed E-state index contributed by atoms with van der Waals surface area (Å²) in [4.78, 5) is 1.01. The summed E-state index contributed by atoms with van der Waals surface area (Å²) in [5.41, 5.74) is 0. The molecule has 0 spiro atoms. The molecule has 0 bridgehead atoms. The van der Waals surface area contributed by atoms with Crippen molar-refractivity contribution in [2.75, 3.05) is 26.3 Å². The minimum absolute atomic E-state index is 0.0295. The number of sulfonamides is 2. The topological polar surface area (TPSA) is 92.8 Å². The van der Waals surface area contributed by atoms with Gasteiger partial charge in [-0.1, -0.05) is 6.07 Å². The number of nitrogens with zero attached hydrogens (tertiary/aromatic N) is 1. The molecule has 1 aliphatic rings. The second-order valence-electron chi connectivity index (χ2n) is 5.85. The number of nitrogens with one attached hydrogen (secondary N) is 1. The van der Waals surface area contributed by atoms with Gasteiger partial charge in [0.15, 0.2) is 0 Å². The van der Waals surface area contributed by atoms with Gasteiger partial charge in [-0.3, -0.25) is 0 Å². The highest BCUT2D eigenvalue weighted by molar-refractivity contribution is 7.89. The third-order valence-electron chi connectivity index (χ3n) is 4.04. The van der Waals surface area contributed by atoms with E-state index in [2.05, 4.69) is 4.72 Å². The molecule has 1 aromatic heterocycles. The normalized spacial score (nSPS) is 17.9. The molecule has 10 heteroatoms. The van der Waals surface area contributed by atoms with Gasteiger partial charge < -0.3 is 4.74 Å². The van der Waals surface area contributed by atoms with Crippen LogP contribution >= 0.6 is 11.3 Å². The Bertz CT molecular complexity index is 932. The number of rotatable bonds is 6. The highest BCUT2D eigenvalue weighted by Gasteiger charge is 2.27. The quantitative estimate of drug-likeness (QED) is 0.775. The summed E-state index contributed by atoms with van der Waals surface area (Å²) in [6.45, 7) is 3.07. The maximum atomic E-state index is 12.6. The molecule has 1 aromatic carbocycles. The molecule has 0 saturated carbocycles. The lowest BCUT2D eigenvalue weighted by Crippen LogP contribution is -2.40. The van der Waals surface area contributed by atoms with Gasteiger partial charge in [-0.25, -0.2) is 21.6 Å². The molecule has 1 saturated heterocycles. The van der Waals surface area contributed by atoms with Gasteiger partial charge >= 0.3 is 0 Å². The van der Waals surface area contributed by atoms with E-state index in [-0.39, 0.29) is 15.8 Å². The predicted molar refractivity (Wildman–Crippen MR) is 99.1 cm³/mol. The summed E-state index contributed by atoms with van der Waals surface area (Å²) < 4.78 is 59.3. The largest absolute Gasteiger partial charge is 0.379 e. The van der Waals surface area contributed by atoms with Gasteiger partial charge in [0.1, 0.15) is 0 Å². The summed E-state index contributed by atoms with van der Waals surface area (Å²) in [6.07, 6.45) is 0. The standard InChI is InChI=1S/C16H20N2O5S3/c1-13(16-3-2-12-24-16)17-25(19,20)14-4-6-15(7-5-14)26(21,22)18-8-10-23-11-9-18/h2-7,12-13,17H,8-11H2,1H3/t13-/m0/s1. The van der Waals surface area contributed by atoms with Crippen molar-refractivity contribution in [3.63, 3.8) is 0 Å². The lowest BCUT2D eigenvalue weighted by molar-refractivity contribution is 0.0730. The summed E-state index contributed by atoms with van der Waals surface area (Å²) in [6, 6.07) is 8.64. The average Bonchev–Trinajstić information content (AvgIpc) is 3.17.